The van der Waals surface area contributed by atoms with Crippen LogP contribution in [0.4, 0.5) is 0 Å². The second-order valence-electron chi connectivity index (χ2n) is 3.30. The molecule has 0 spiro atoms. The summed E-state index contributed by atoms with van der Waals surface area (Å²) >= 11 is 5.37. The molecule has 0 rings (SSSR count). The monoisotopic (exact) mass is 204 g/mol. The third-order valence-corrected chi connectivity index (χ3v) is 0.989. The Kier molecular flexibility index (Phi) is 11.2. The molecular formula is C11H21ClO. The van der Waals surface area contributed by atoms with E-state index in [0.29, 0.717) is 0 Å². The number of ether oxygens (including phenoxy) is 1. The van der Waals surface area contributed by atoms with Crippen LogP contribution in [0.3, 0.4) is 0 Å². The highest BCUT2D eigenvalue weighted by atomic mass is 35.5. The van der Waals surface area contributed by atoms with Crippen LogP contribution < -0.4 is 0 Å². The normalized spacial score (nSPS) is 10.5. The van der Waals surface area contributed by atoms with Gasteiger partial charge in [0.2, 0.25) is 0 Å². The van der Waals surface area contributed by atoms with E-state index in [0.717, 1.165) is 18.1 Å². The van der Waals surface area contributed by atoms with Gasteiger partial charge in [-0.15, -0.1) is 0 Å². The van der Waals surface area contributed by atoms with Gasteiger partial charge >= 0.3 is 0 Å². The van der Waals surface area contributed by atoms with Crippen molar-refractivity contribution < 1.29 is 4.74 Å². The Morgan fingerprint density at radius 1 is 1.46 bits per heavy atom. The minimum atomic E-state index is 0.227. The minimum absolute atomic E-state index is 0.227. The second kappa shape index (κ2) is 9.66. The molecule has 0 saturated heterocycles. The molecule has 0 N–H and O–H groups in total. The number of allylic oxidation sites excluding steroid dienone is 2. The predicted molar refractivity (Wildman–Crippen MR) is 60.6 cm³/mol. The number of hydrogen-bond acceptors (Lipinski definition) is 1. The summed E-state index contributed by atoms with van der Waals surface area (Å²) < 4.78 is 4.98. The van der Waals surface area contributed by atoms with E-state index >= 15 is 0 Å². The Balaban J connectivity index is 0. The van der Waals surface area contributed by atoms with Crippen LogP contribution in [0.15, 0.2) is 23.6 Å². The maximum Gasteiger partial charge on any atom is 0.186 e. The summed E-state index contributed by atoms with van der Waals surface area (Å²) in [6.45, 7) is 13.8. The van der Waals surface area contributed by atoms with Gasteiger partial charge in [0.05, 0.1) is 0 Å². The predicted octanol–water partition coefficient (Wildman–Crippen LogP) is 4.69. The number of halogens is 1. The lowest BCUT2D eigenvalue weighted by atomic mass is 10.3. The summed E-state index contributed by atoms with van der Waals surface area (Å²) in [5.41, 5.74) is 0. The molecule has 13 heavy (non-hydrogen) atoms. The molecule has 0 aromatic carbocycles. The van der Waals surface area contributed by atoms with Crippen molar-refractivity contribution in [2.45, 2.75) is 41.0 Å². The zero-order chi connectivity index (χ0) is 10.9. The van der Waals surface area contributed by atoms with Crippen LogP contribution in [0.25, 0.3) is 0 Å². The van der Waals surface area contributed by atoms with Gasteiger partial charge in [0.15, 0.2) is 5.22 Å². The third-order valence-electron chi connectivity index (χ3n) is 0.912. The SMILES string of the molecule is C=C(Cl)O/C(=C\C)CC.CC(C)C. The van der Waals surface area contributed by atoms with Crippen LogP contribution in [0.1, 0.15) is 41.0 Å². The van der Waals surface area contributed by atoms with Crippen LogP contribution in [-0.4, -0.2) is 0 Å². The summed E-state index contributed by atoms with van der Waals surface area (Å²) in [5, 5.41) is 0.227. The van der Waals surface area contributed by atoms with Gasteiger partial charge in [-0.2, -0.15) is 0 Å². The van der Waals surface area contributed by atoms with Crippen molar-refractivity contribution in [1.82, 2.24) is 0 Å². The van der Waals surface area contributed by atoms with Crippen molar-refractivity contribution in [3.63, 3.8) is 0 Å². The first-order valence-electron chi connectivity index (χ1n) is 4.61. The maximum absolute atomic E-state index is 5.37. The van der Waals surface area contributed by atoms with Crippen molar-refractivity contribution in [3.05, 3.63) is 23.6 Å². The van der Waals surface area contributed by atoms with Crippen molar-refractivity contribution in [1.29, 1.82) is 0 Å². The first-order valence-corrected chi connectivity index (χ1v) is 4.99. The van der Waals surface area contributed by atoms with Gasteiger partial charge in [0, 0.05) is 6.42 Å². The highest BCUT2D eigenvalue weighted by Crippen LogP contribution is 2.10. The second-order valence-corrected chi connectivity index (χ2v) is 3.72. The first-order chi connectivity index (χ1) is 5.93. The van der Waals surface area contributed by atoms with Gasteiger partial charge < -0.3 is 4.74 Å². The van der Waals surface area contributed by atoms with E-state index in [-0.39, 0.29) is 5.22 Å². The van der Waals surface area contributed by atoms with Crippen LogP contribution in [-0.2, 0) is 4.74 Å². The van der Waals surface area contributed by atoms with Gasteiger partial charge in [0.25, 0.3) is 0 Å². The molecule has 2 heteroatoms. The molecule has 0 bridgehead atoms. The van der Waals surface area contributed by atoms with Gasteiger partial charge in [0.1, 0.15) is 5.76 Å². The molecule has 0 fully saturated rings. The highest BCUT2D eigenvalue weighted by molar-refractivity contribution is 6.28. The lowest BCUT2D eigenvalue weighted by Crippen LogP contribution is -1.83. The molecule has 0 aromatic heterocycles. The summed E-state index contributed by atoms with van der Waals surface area (Å²) in [4.78, 5) is 0. The molecule has 0 aromatic rings. The summed E-state index contributed by atoms with van der Waals surface area (Å²) in [7, 11) is 0. The molecule has 0 aliphatic heterocycles. The number of rotatable bonds is 3. The zero-order valence-corrected chi connectivity index (χ0v) is 10.1. The third kappa shape index (κ3) is 18.5. The average molecular weight is 205 g/mol. The minimum Gasteiger partial charge on any atom is -0.451 e. The average Bonchev–Trinajstić information content (AvgIpc) is 1.98. The first kappa shape index (κ1) is 15.1. The summed E-state index contributed by atoms with van der Waals surface area (Å²) in [6.07, 6.45) is 2.72. The Hall–Kier alpha value is -0.430. The van der Waals surface area contributed by atoms with Crippen LogP contribution >= 0.6 is 11.6 Å². The van der Waals surface area contributed by atoms with Crippen LogP contribution in [0, 0.1) is 5.92 Å². The van der Waals surface area contributed by atoms with Crippen LogP contribution in [0.5, 0.6) is 0 Å². The fourth-order valence-electron chi connectivity index (χ4n) is 0.477. The van der Waals surface area contributed by atoms with Gasteiger partial charge in [-0.3, -0.25) is 0 Å². The van der Waals surface area contributed by atoms with Crippen molar-refractivity contribution in [2.75, 3.05) is 0 Å². The van der Waals surface area contributed by atoms with E-state index < -0.39 is 0 Å². The number of hydrogen-bond donors (Lipinski definition) is 0. The maximum atomic E-state index is 5.37. The van der Waals surface area contributed by atoms with E-state index in [1.54, 1.807) is 0 Å². The molecule has 0 amide bonds. The van der Waals surface area contributed by atoms with Gasteiger partial charge in [-0.05, 0) is 37.1 Å². The quantitative estimate of drug-likeness (QED) is 0.606. The molecule has 0 atom stereocenters. The van der Waals surface area contributed by atoms with Crippen molar-refractivity contribution >= 4 is 11.6 Å². The van der Waals surface area contributed by atoms with E-state index in [1.807, 2.05) is 19.9 Å². The van der Waals surface area contributed by atoms with E-state index in [1.165, 1.54) is 0 Å². The molecule has 78 valence electrons. The molecular weight excluding hydrogens is 184 g/mol. The van der Waals surface area contributed by atoms with E-state index in [9.17, 15) is 0 Å². The fraction of sp³-hybridized carbons (Fsp3) is 0.636. The topological polar surface area (TPSA) is 9.23 Å². The summed E-state index contributed by atoms with van der Waals surface area (Å²) in [6, 6.07) is 0. The smallest absolute Gasteiger partial charge is 0.186 e. The van der Waals surface area contributed by atoms with Crippen molar-refractivity contribution in [3.8, 4) is 0 Å². The molecule has 1 nitrogen and oxygen atoms in total. The van der Waals surface area contributed by atoms with Crippen LogP contribution in [0.2, 0.25) is 0 Å². The Labute approximate surface area is 87.4 Å². The highest BCUT2D eigenvalue weighted by Gasteiger charge is 1.92. The Morgan fingerprint density at radius 3 is 1.92 bits per heavy atom. The lowest BCUT2D eigenvalue weighted by Gasteiger charge is -2.02. The fourth-order valence-corrected chi connectivity index (χ4v) is 0.577. The Morgan fingerprint density at radius 2 is 1.85 bits per heavy atom. The molecule has 0 radical (unpaired) electrons. The largest absolute Gasteiger partial charge is 0.451 e. The summed E-state index contributed by atoms with van der Waals surface area (Å²) in [5.74, 6) is 1.69. The van der Waals surface area contributed by atoms with E-state index in [4.69, 9.17) is 16.3 Å². The molecule has 0 saturated carbocycles. The molecule has 0 aliphatic rings. The Bertz CT molecular complexity index is 157. The lowest BCUT2D eigenvalue weighted by molar-refractivity contribution is 0.323. The molecule has 0 aliphatic carbocycles. The zero-order valence-electron chi connectivity index (χ0n) is 9.36. The van der Waals surface area contributed by atoms with Gasteiger partial charge in [-0.1, -0.05) is 27.7 Å². The van der Waals surface area contributed by atoms with Crippen molar-refractivity contribution in [2.24, 2.45) is 5.92 Å². The molecule has 0 unspecified atom stereocenters. The van der Waals surface area contributed by atoms with Gasteiger partial charge in [-0.25, -0.2) is 0 Å². The standard InChI is InChI=1S/C7H11ClO.C4H10/c1-4-7(5-2)9-6(3)8;1-4(2)3/h4H,3,5H2,1-2H3;4H,1-3H3/b7-4-;. The van der Waals surface area contributed by atoms with E-state index in [2.05, 4.69) is 27.4 Å². The molecule has 0 heterocycles.